The summed E-state index contributed by atoms with van der Waals surface area (Å²) in [6.07, 6.45) is 1.45. The van der Waals surface area contributed by atoms with Crippen LogP contribution in [-0.4, -0.2) is 52.5 Å². The molecule has 1 aliphatic rings. The fourth-order valence-corrected chi connectivity index (χ4v) is 3.48. The summed E-state index contributed by atoms with van der Waals surface area (Å²) in [4.78, 5) is 31.3. The maximum Gasteiger partial charge on any atom is 0.239 e. The summed E-state index contributed by atoms with van der Waals surface area (Å²) in [5.74, 6) is 1.67. The lowest BCUT2D eigenvalue weighted by molar-refractivity contribution is -0.120. The Balaban J connectivity index is 1.75. The third kappa shape index (κ3) is 4.14. The molecule has 0 bridgehead atoms. The maximum atomic E-state index is 12.0. The molecule has 1 amide bonds. The lowest BCUT2D eigenvalue weighted by atomic mass is 10.0. The maximum absolute atomic E-state index is 12.0. The molecule has 150 valence electrons. The van der Waals surface area contributed by atoms with E-state index in [2.05, 4.69) is 30.9 Å². The molecule has 1 unspecified atom stereocenters. The first-order valence-electron chi connectivity index (χ1n) is 9.28. The highest BCUT2D eigenvalue weighted by Gasteiger charge is 2.23. The average molecular weight is 413 g/mol. The fourth-order valence-electron chi connectivity index (χ4n) is 3.30. The number of nitrogens with zero attached hydrogens (tertiary/aromatic N) is 5. The molecule has 3 heterocycles. The molecular formula is C19H21ClN8O. The zero-order chi connectivity index (χ0) is 20.4. The number of anilines is 3. The van der Waals surface area contributed by atoms with Gasteiger partial charge in [0.15, 0.2) is 0 Å². The third-order valence-corrected chi connectivity index (χ3v) is 4.97. The second kappa shape index (κ2) is 8.04. The number of nitrogens with one attached hydrogen (secondary N) is 3. The average Bonchev–Trinajstić information content (AvgIpc) is 2.73. The van der Waals surface area contributed by atoms with Crippen LogP contribution in [0, 0.1) is 0 Å². The van der Waals surface area contributed by atoms with E-state index in [1.807, 2.05) is 36.1 Å². The van der Waals surface area contributed by atoms with Crippen LogP contribution < -0.4 is 20.9 Å². The molecule has 4 rings (SSSR count). The minimum Gasteiger partial charge on any atom is -0.357 e. The number of amides is 1. The lowest BCUT2D eigenvalue weighted by Gasteiger charge is -2.31. The zero-order valence-corrected chi connectivity index (χ0v) is 16.9. The fraction of sp³-hybridized carbons (Fsp3) is 0.316. The predicted molar refractivity (Wildman–Crippen MR) is 113 cm³/mol. The molecule has 1 atom stereocenters. The van der Waals surface area contributed by atoms with Gasteiger partial charge in [0.1, 0.15) is 12.1 Å². The van der Waals surface area contributed by atoms with Crippen molar-refractivity contribution in [3.05, 3.63) is 41.2 Å². The molecule has 1 fully saturated rings. The van der Waals surface area contributed by atoms with Crippen LogP contribution in [-0.2, 0) is 4.79 Å². The number of hydrogen-bond donors (Lipinski definition) is 3. The van der Waals surface area contributed by atoms with Crippen LogP contribution in [0.4, 0.5) is 17.7 Å². The quantitative estimate of drug-likeness (QED) is 0.585. The number of halogens is 1. The lowest BCUT2D eigenvalue weighted by Crippen LogP contribution is -2.48. The molecule has 9 nitrogen and oxygen atoms in total. The Morgan fingerprint density at radius 1 is 1.21 bits per heavy atom. The second-order valence-electron chi connectivity index (χ2n) is 6.76. The van der Waals surface area contributed by atoms with E-state index in [1.165, 1.54) is 6.33 Å². The van der Waals surface area contributed by atoms with Gasteiger partial charge in [-0.05, 0) is 31.2 Å². The Hall–Kier alpha value is -3.20. The molecule has 10 heteroatoms. The highest BCUT2D eigenvalue weighted by molar-refractivity contribution is 6.31. The zero-order valence-electron chi connectivity index (χ0n) is 16.1. The van der Waals surface area contributed by atoms with Crippen LogP contribution in [0.25, 0.3) is 10.9 Å². The van der Waals surface area contributed by atoms with Gasteiger partial charge < -0.3 is 20.9 Å². The number of rotatable bonds is 5. The van der Waals surface area contributed by atoms with Crippen LogP contribution >= 0.6 is 11.6 Å². The highest BCUT2D eigenvalue weighted by Crippen LogP contribution is 2.31. The van der Waals surface area contributed by atoms with Gasteiger partial charge in [0, 0.05) is 36.1 Å². The Morgan fingerprint density at radius 3 is 2.83 bits per heavy atom. The minimum absolute atomic E-state index is 0.0167. The molecule has 1 saturated heterocycles. The summed E-state index contributed by atoms with van der Waals surface area (Å²) in [6, 6.07) is 7.47. The van der Waals surface area contributed by atoms with Gasteiger partial charge in [0.25, 0.3) is 0 Å². The van der Waals surface area contributed by atoms with Gasteiger partial charge in [-0.3, -0.25) is 4.79 Å². The van der Waals surface area contributed by atoms with Crippen molar-refractivity contribution in [1.82, 2.24) is 25.3 Å². The van der Waals surface area contributed by atoms with E-state index in [-0.39, 0.29) is 18.5 Å². The van der Waals surface area contributed by atoms with Crippen molar-refractivity contribution >= 4 is 46.1 Å². The number of pyridine rings is 1. The number of benzene rings is 1. The van der Waals surface area contributed by atoms with Crippen molar-refractivity contribution < 1.29 is 4.79 Å². The van der Waals surface area contributed by atoms with E-state index < -0.39 is 0 Å². The summed E-state index contributed by atoms with van der Waals surface area (Å²) in [5, 5.41) is 10.6. The van der Waals surface area contributed by atoms with E-state index in [0.717, 1.165) is 22.3 Å². The molecule has 2 aromatic heterocycles. The molecule has 1 aliphatic heterocycles. The van der Waals surface area contributed by atoms with Crippen molar-refractivity contribution in [3.63, 3.8) is 0 Å². The van der Waals surface area contributed by atoms with E-state index in [0.29, 0.717) is 30.0 Å². The highest BCUT2D eigenvalue weighted by atomic mass is 35.5. The number of piperazine rings is 1. The molecule has 0 radical (unpaired) electrons. The number of fused-ring (bicyclic) bond motifs is 1. The van der Waals surface area contributed by atoms with Gasteiger partial charge in [-0.2, -0.15) is 4.98 Å². The van der Waals surface area contributed by atoms with E-state index in [4.69, 9.17) is 16.6 Å². The van der Waals surface area contributed by atoms with Crippen molar-refractivity contribution in [3.8, 4) is 0 Å². The van der Waals surface area contributed by atoms with Gasteiger partial charge in [-0.1, -0.05) is 11.6 Å². The molecule has 3 N–H and O–H groups in total. The molecule has 0 saturated carbocycles. The smallest absolute Gasteiger partial charge is 0.239 e. The Morgan fingerprint density at radius 2 is 2.03 bits per heavy atom. The summed E-state index contributed by atoms with van der Waals surface area (Å²) >= 11 is 6.18. The number of carbonyl (C=O) groups excluding carboxylic acids is 1. The van der Waals surface area contributed by atoms with Crippen LogP contribution in [0.5, 0.6) is 0 Å². The van der Waals surface area contributed by atoms with Crippen molar-refractivity contribution in [1.29, 1.82) is 0 Å². The van der Waals surface area contributed by atoms with E-state index in [1.54, 1.807) is 7.05 Å². The van der Waals surface area contributed by atoms with Crippen LogP contribution in [0.15, 0.2) is 30.6 Å². The van der Waals surface area contributed by atoms with Crippen molar-refractivity contribution in [2.45, 2.75) is 13.0 Å². The van der Waals surface area contributed by atoms with Crippen molar-refractivity contribution in [2.75, 3.05) is 42.2 Å². The minimum atomic E-state index is -0.169. The molecule has 29 heavy (non-hydrogen) atoms. The third-order valence-electron chi connectivity index (χ3n) is 4.73. The first-order chi connectivity index (χ1) is 14.0. The van der Waals surface area contributed by atoms with Gasteiger partial charge in [0.2, 0.25) is 17.8 Å². The summed E-state index contributed by atoms with van der Waals surface area (Å²) in [5.41, 5.74) is 1.75. The monoisotopic (exact) mass is 412 g/mol. The second-order valence-corrected chi connectivity index (χ2v) is 7.19. The first kappa shape index (κ1) is 19.1. The standard InChI is InChI=1S/C19H21ClN8O/c1-11(25-19-24-10-23-18(21-2)27-19)14-8-12-7-13(20)3-4-15(12)26-17(14)28-6-5-22-16(29)9-28/h3-4,7-8,10-11H,5-6,9H2,1-2H3,(H,22,29)(H2,21,23,24,25,27). The molecule has 0 aliphatic carbocycles. The van der Waals surface area contributed by atoms with Gasteiger partial charge >= 0.3 is 0 Å². The summed E-state index contributed by atoms with van der Waals surface area (Å²) in [6.45, 7) is 3.54. The number of carbonyl (C=O) groups is 1. The largest absolute Gasteiger partial charge is 0.357 e. The van der Waals surface area contributed by atoms with Gasteiger partial charge in [-0.25, -0.2) is 15.0 Å². The van der Waals surface area contributed by atoms with Gasteiger partial charge in [0.05, 0.1) is 18.1 Å². The van der Waals surface area contributed by atoms with Gasteiger partial charge in [-0.15, -0.1) is 0 Å². The molecule has 0 spiro atoms. The molecule has 3 aromatic rings. The van der Waals surface area contributed by atoms with Crippen LogP contribution in [0.1, 0.15) is 18.5 Å². The topological polar surface area (TPSA) is 108 Å². The summed E-state index contributed by atoms with van der Waals surface area (Å²) in [7, 11) is 1.75. The Labute approximate surface area is 172 Å². The Kier molecular flexibility index (Phi) is 5.30. The van der Waals surface area contributed by atoms with Crippen molar-refractivity contribution in [2.24, 2.45) is 0 Å². The first-order valence-corrected chi connectivity index (χ1v) is 9.66. The molecular weight excluding hydrogens is 392 g/mol. The van der Waals surface area contributed by atoms with Crippen LogP contribution in [0.2, 0.25) is 5.02 Å². The summed E-state index contributed by atoms with van der Waals surface area (Å²) < 4.78 is 0. The number of hydrogen-bond acceptors (Lipinski definition) is 8. The normalized spacial score (nSPS) is 15.1. The van der Waals surface area contributed by atoms with Crippen LogP contribution in [0.3, 0.4) is 0 Å². The SMILES string of the molecule is CNc1ncnc(NC(C)c2cc3cc(Cl)ccc3nc2N2CCNC(=O)C2)n1. The number of aromatic nitrogens is 4. The Bertz CT molecular complexity index is 1060. The predicted octanol–water partition coefficient (Wildman–Crippen LogP) is 2.22. The molecule has 1 aromatic carbocycles. The van der Waals surface area contributed by atoms with E-state index in [9.17, 15) is 4.79 Å². The van der Waals surface area contributed by atoms with E-state index >= 15 is 0 Å².